The van der Waals surface area contributed by atoms with Crippen molar-refractivity contribution in [3.8, 4) is 0 Å². The Morgan fingerprint density at radius 2 is 1.72 bits per heavy atom. The van der Waals surface area contributed by atoms with E-state index in [1.807, 2.05) is 0 Å². The van der Waals surface area contributed by atoms with Gasteiger partial charge in [-0.25, -0.2) is 0 Å². The van der Waals surface area contributed by atoms with Gasteiger partial charge in [0.25, 0.3) is 0 Å². The van der Waals surface area contributed by atoms with Crippen LogP contribution in [0.2, 0.25) is 0 Å². The first kappa shape index (κ1) is 11.9. The van der Waals surface area contributed by atoms with Gasteiger partial charge in [0.2, 0.25) is 0 Å². The van der Waals surface area contributed by atoms with Crippen molar-refractivity contribution in [2.45, 2.75) is 16.7 Å². The van der Waals surface area contributed by atoms with Crippen LogP contribution in [-0.2, 0) is 0 Å². The van der Waals surface area contributed by atoms with Crippen molar-refractivity contribution < 1.29 is 0 Å². The summed E-state index contributed by atoms with van der Waals surface area (Å²) in [4.78, 5) is 6.00. The van der Waals surface area contributed by atoms with Crippen LogP contribution < -0.4 is 0 Å². The van der Waals surface area contributed by atoms with Crippen molar-refractivity contribution in [3.63, 3.8) is 0 Å². The van der Waals surface area contributed by atoms with Crippen LogP contribution in [0, 0.1) is 6.92 Å². The summed E-state index contributed by atoms with van der Waals surface area (Å²) < 4.78 is 1.11. The van der Waals surface area contributed by atoms with E-state index < -0.39 is 0 Å². The molecule has 0 unspecified atom stereocenters. The molecule has 0 saturated heterocycles. The van der Waals surface area contributed by atoms with E-state index in [0.29, 0.717) is 0 Å². The molecule has 0 atom stereocenters. The van der Waals surface area contributed by atoms with E-state index in [2.05, 4.69) is 76.4 Å². The monoisotopic (exact) mass is 317 g/mol. The van der Waals surface area contributed by atoms with Gasteiger partial charge in [0.05, 0.1) is 0 Å². The molecule has 0 aliphatic heterocycles. The van der Waals surface area contributed by atoms with Gasteiger partial charge >= 0.3 is 0 Å². The SMILES string of the molecule is Cc1[nH]c2ccccc2c1Sc1ccc(Br)cc1. The predicted molar refractivity (Wildman–Crippen MR) is 81.3 cm³/mol. The molecule has 1 N–H and O–H groups in total. The zero-order chi connectivity index (χ0) is 12.5. The third-order valence-electron chi connectivity index (χ3n) is 2.87. The third kappa shape index (κ3) is 2.20. The maximum absolute atomic E-state index is 3.46. The van der Waals surface area contributed by atoms with Crippen LogP contribution in [0.5, 0.6) is 0 Å². The number of aryl methyl sites for hydroxylation is 1. The van der Waals surface area contributed by atoms with Gasteiger partial charge in [0.15, 0.2) is 0 Å². The molecular weight excluding hydrogens is 306 g/mol. The van der Waals surface area contributed by atoms with E-state index >= 15 is 0 Å². The fraction of sp³-hybridized carbons (Fsp3) is 0.0667. The molecule has 0 amide bonds. The smallest absolute Gasteiger partial charge is 0.0467 e. The average Bonchev–Trinajstić information content (AvgIpc) is 2.69. The molecule has 0 radical (unpaired) electrons. The summed E-state index contributed by atoms with van der Waals surface area (Å²) in [6.07, 6.45) is 0. The first-order valence-corrected chi connectivity index (χ1v) is 7.36. The largest absolute Gasteiger partial charge is 0.358 e. The summed E-state index contributed by atoms with van der Waals surface area (Å²) in [7, 11) is 0. The molecule has 1 nitrogen and oxygen atoms in total. The lowest BCUT2D eigenvalue weighted by Gasteiger charge is -2.02. The highest BCUT2D eigenvalue weighted by Crippen LogP contribution is 2.36. The highest BCUT2D eigenvalue weighted by atomic mass is 79.9. The fourth-order valence-electron chi connectivity index (χ4n) is 2.00. The van der Waals surface area contributed by atoms with Crippen LogP contribution in [0.1, 0.15) is 5.69 Å². The lowest BCUT2D eigenvalue weighted by atomic mass is 10.2. The molecule has 18 heavy (non-hydrogen) atoms. The summed E-state index contributed by atoms with van der Waals surface area (Å²) in [6, 6.07) is 16.9. The molecule has 3 aromatic rings. The van der Waals surface area contributed by atoms with Crippen molar-refractivity contribution in [1.82, 2.24) is 4.98 Å². The maximum Gasteiger partial charge on any atom is 0.0467 e. The standard InChI is InChI=1S/C15H12BrNS/c1-10-15(13-4-2-3-5-14(13)17-10)18-12-8-6-11(16)7-9-12/h2-9,17H,1H3. The van der Waals surface area contributed by atoms with E-state index in [9.17, 15) is 0 Å². The van der Waals surface area contributed by atoms with E-state index in [1.54, 1.807) is 11.8 Å². The van der Waals surface area contributed by atoms with Crippen LogP contribution >= 0.6 is 27.7 Å². The van der Waals surface area contributed by atoms with Gasteiger partial charge in [0, 0.05) is 30.9 Å². The number of para-hydroxylation sites is 1. The highest BCUT2D eigenvalue weighted by Gasteiger charge is 2.09. The molecule has 3 heteroatoms. The van der Waals surface area contributed by atoms with Crippen molar-refractivity contribution in [1.29, 1.82) is 0 Å². The van der Waals surface area contributed by atoms with E-state index in [4.69, 9.17) is 0 Å². The quantitative estimate of drug-likeness (QED) is 0.670. The molecule has 0 aliphatic rings. The Morgan fingerprint density at radius 1 is 1.00 bits per heavy atom. The molecule has 0 saturated carbocycles. The Kier molecular flexibility index (Phi) is 3.18. The van der Waals surface area contributed by atoms with Crippen molar-refractivity contribution in [2.75, 3.05) is 0 Å². The molecule has 0 aliphatic carbocycles. The van der Waals surface area contributed by atoms with E-state index in [1.165, 1.54) is 26.4 Å². The molecule has 0 bridgehead atoms. The zero-order valence-corrected chi connectivity index (χ0v) is 12.3. The van der Waals surface area contributed by atoms with Crippen LogP contribution in [0.4, 0.5) is 0 Å². The Morgan fingerprint density at radius 3 is 2.50 bits per heavy atom. The Hall–Kier alpha value is -1.19. The number of nitrogens with one attached hydrogen (secondary N) is 1. The number of fused-ring (bicyclic) bond motifs is 1. The number of aromatic amines is 1. The number of rotatable bonds is 2. The van der Waals surface area contributed by atoms with Crippen LogP contribution in [-0.4, -0.2) is 4.98 Å². The minimum absolute atomic E-state index is 1.11. The molecule has 2 aromatic carbocycles. The molecule has 3 rings (SSSR count). The number of hydrogen-bond acceptors (Lipinski definition) is 1. The van der Waals surface area contributed by atoms with Gasteiger partial charge in [-0.1, -0.05) is 45.9 Å². The lowest BCUT2D eigenvalue weighted by Crippen LogP contribution is -1.75. The summed E-state index contributed by atoms with van der Waals surface area (Å²) in [5.41, 5.74) is 2.43. The first-order valence-electron chi connectivity index (χ1n) is 5.75. The van der Waals surface area contributed by atoms with Crippen molar-refractivity contribution >= 4 is 38.6 Å². The Balaban J connectivity index is 2.04. The minimum Gasteiger partial charge on any atom is -0.358 e. The molecule has 90 valence electrons. The molecule has 0 fully saturated rings. The highest BCUT2D eigenvalue weighted by molar-refractivity contribution is 9.10. The number of hydrogen-bond donors (Lipinski definition) is 1. The van der Waals surface area contributed by atoms with E-state index in [-0.39, 0.29) is 0 Å². The third-order valence-corrected chi connectivity index (χ3v) is 4.63. The molecule has 1 heterocycles. The van der Waals surface area contributed by atoms with Crippen LogP contribution in [0.25, 0.3) is 10.9 Å². The summed E-state index contributed by atoms with van der Waals surface area (Å²) in [5, 5.41) is 1.29. The van der Waals surface area contributed by atoms with Crippen molar-refractivity contribution in [2.24, 2.45) is 0 Å². The second-order valence-corrected chi connectivity index (χ2v) is 6.18. The summed E-state index contributed by atoms with van der Waals surface area (Å²) >= 11 is 5.27. The molecule has 0 spiro atoms. The normalized spacial score (nSPS) is 11.0. The Labute approximate surface area is 119 Å². The number of aromatic nitrogens is 1. The lowest BCUT2D eigenvalue weighted by molar-refractivity contribution is 1.22. The Bertz CT molecular complexity index is 685. The zero-order valence-electron chi connectivity index (χ0n) is 9.91. The average molecular weight is 318 g/mol. The summed E-state index contributed by atoms with van der Waals surface area (Å²) in [6.45, 7) is 2.13. The van der Waals surface area contributed by atoms with Crippen LogP contribution in [0.3, 0.4) is 0 Å². The minimum atomic E-state index is 1.11. The van der Waals surface area contributed by atoms with Gasteiger partial charge in [-0.2, -0.15) is 0 Å². The van der Waals surface area contributed by atoms with Gasteiger partial charge in [0.1, 0.15) is 0 Å². The van der Waals surface area contributed by atoms with Gasteiger partial charge < -0.3 is 4.98 Å². The topological polar surface area (TPSA) is 15.8 Å². The van der Waals surface area contributed by atoms with Crippen molar-refractivity contribution in [3.05, 3.63) is 58.7 Å². The molecular formula is C15H12BrNS. The van der Waals surface area contributed by atoms with Gasteiger partial charge in [-0.15, -0.1) is 0 Å². The first-order chi connectivity index (χ1) is 8.74. The predicted octanol–water partition coefficient (Wildman–Crippen LogP) is 5.39. The maximum atomic E-state index is 3.46. The number of H-pyrrole nitrogens is 1. The second kappa shape index (κ2) is 4.82. The van der Waals surface area contributed by atoms with Crippen LogP contribution in [0.15, 0.2) is 62.8 Å². The van der Waals surface area contributed by atoms with E-state index in [0.717, 1.165) is 4.47 Å². The second-order valence-electron chi connectivity index (χ2n) is 4.18. The summed E-state index contributed by atoms with van der Waals surface area (Å²) in [5.74, 6) is 0. The fourth-order valence-corrected chi connectivity index (χ4v) is 3.27. The number of benzene rings is 2. The number of halogens is 1. The molecule has 1 aromatic heterocycles. The van der Waals surface area contributed by atoms with Gasteiger partial charge in [-0.05, 0) is 37.3 Å². The van der Waals surface area contributed by atoms with Gasteiger partial charge in [-0.3, -0.25) is 0 Å².